The number of hydrogen-bond acceptors (Lipinski definition) is 13. The molecule has 0 amide bonds. The van der Waals surface area contributed by atoms with Crippen molar-refractivity contribution in [3.63, 3.8) is 0 Å². The minimum absolute atomic E-state index is 0.0451. The number of hydrogen-bond donors (Lipinski definition) is 6. The number of aryl methyl sites for hydroxylation is 2. The molecule has 0 aliphatic carbocycles. The summed E-state index contributed by atoms with van der Waals surface area (Å²) in [4.78, 5) is 55.0. The minimum Gasteiger partial charge on any atom is -0.790 e. The maximum absolute atomic E-state index is 13.5. The largest absolute Gasteiger partial charge is 0.790 e. The number of phosphoric acid groups is 1. The van der Waals surface area contributed by atoms with Crippen LogP contribution < -0.4 is 36.9 Å². The van der Waals surface area contributed by atoms with Gasteiger partial charge in [0.15, 0.2) is 5.52 Å². The summed E-state index contributed by atoms with van der Waals surface area (Å²) in [5.74, 6) is -0.227. The standard InChI is InChI=1S/C23H32N6O4S.C6H14N2O2.H3O4P/c1-6-8-18-20-21(28(5)27-18)23(30)26-22(25-20)17-11-16(9-10-19(17)33-7-2)34(31,32)29-12-14(3)24-15(4)13-29;7-4-2-1-3-5(8)6(9)10;1-5(2,3)4/h9-11,14-15,24H,6-8,12-13H2,1-5H3,(H,25,26,30);5H,1-4,7-8H2,(H,9,10);(H3,1,2,3,4)/p-2/t14-,15+;;. The van der Waals surface area contributed by atoms with E-state index in [-0.39, 0.29) is 28.4 Å². The van der Waals surface area contributed by atoms with Crippen molar-refractivity contribution in [1.29, 1.82) is 0 Å². The molecule has 0 bridgehead atoms. The molecular formula is C29H47N8O10PS-2. The summed E-state index contributed by atoms with van der Waals surface area (Å²) >= 11 is 0. The zero-order valence-electron chi connectivity index (χ0n) is 28.3. The number of aromatic amines is 1. The molecule has 276 valence electrons. The lowest BCUT2D eigenvalue weighted by atomic mass is 10.1. The van der Waals surface area contributed by atoms with Gasteiger partial charge in [-0.15, -0.1) is 0 Å². The molecule has 1 aliphatic heterocycles. The van der Waals surface area contributed by atoms with Crippen LogP contribution in [0.4, 0.5) is 0 Å². The van der Waals surface area contributed by atoms with E-state index in [0.29, 0.717) is 61.4 Å². The van der Waals surface area contributed by atoms with Gasteiger partial charge in [-0.05, 0) is 64.8 Å². The highest BCUT2D eigenvalue weighted by molar-refractivity contribution is 7.89. The van der Waals surface area contributed by atoms with Crippen LogP contribution in [0.1, 0.15) is 59.1 Å². The van der Waals surface area contributed by atoms with Crippen molar-refractivity contribution in [2.45, 2.75) is 82.8 Å². The number of carbonyl (C=O) groups is 1. The fourth-order valence-electron chi connectivity index (χ4n) is 5.17. The molecule has 2 aromatic heterocycles. The number of carboxylic acid groups (broad SMARTS) is 1. The average molecular weight is 731 g/mol. The molecule has 1 saturated heterocycles. The van der Waals surface area contributed by atoms with E-state index in [2.05, 4.69) is 15.4 Å². The molecule has 0 radical (unpaired) electrons. The Hall–Kier alpha value is -3.26. The first-order valence-electron chi connectivity index (χ1n) is 15.8. The second-order valence-corrected chi connectivity index (χ2v) is 14.4. The number of aromatic nitrogens is 4. The molecule has 3 heterocycles. The summed E-state index contributed by atoms with van der Waals surface area (Å²) in [6.07, 6.45) is 3.70. The Balaban J connectivity index is 0.000000465. The second kappa shape index (κ2) is 18.7. The van der Waals surface area contributed by atoms with Crippen LogP contribution in [0.2, 0.25) is 0 Å². The number of rotatable bonds is 12. The number of benzene rings is 1. The van der Waals surface area contributed by atoms with E-state index in [1.165, 1.54) is 15.1 Å². The Bertz CT molecular complexity index is 1740. The van der Waals surface area contributed by atoms with Crippen molar-refractivity contribution in [2.24, 2.45) is 18.5 Å². The molecule has 0 saturated carbocycles. The molecule has 20 heteroatoms. The van der Waals surface area contributed by atoms with Crippen LogP contribution in [0.5, 0.6) is 5.75 Å². The molecule has 1 aromatic carbocycles. The summed E-state index contributed by atoms with van der Waals surface area (Å²) in [5, 5.41) is 16.1. The number of nitrogens with two attached hydrogens (primary N) is 2. The van der Waals surface area contributed by atoms with Crippen molar-refractivity contribution in [1.82, 2.24) is 29.4 Å². The number of sulfonamides is 1. The van der Waals surface area contributed by atoms with Gasteiger partial charge in [-0.3, -0.25) is 14.3 Å². The van der Waals surface area contributed by atoms with Gasteiger partial charge in [0.1, 0.15) is 23.1 Å². The smallest absolute Gasteiger partial charge is 0.320 e. The third kappa shape index (κ3) is 12.5. The number of piperazine rings is 1. The monoisotopic (exact) mass is 730 g/mol. The summed E-state index contributed by atoms with van der Waals surface area (Å²) < 4.78 is 44.5. The lowest BCUT2D eigenvalue weighted by Crippen LogP contribution is -2.55. The molecule has 1 fully saturated rings. The van der Waals surface area contributed by atoms with Crippen molar-refractivity contribution >= 4 is 34.8 Å². The molecule has 18 nitrogen and oxygen atoms in total. The molecule has 1 unspecified atom stereocenters. The lowest BCUT2D eigenvalue weighted by molar-refractivity contribution is -0.337. The first kappa shape index (κ1) is 41.9. The number of ether oxygens (including phenoxy) is 1. The highest BCUT2D eigenvalue weighted by atomic mass is 32.2. The number of fused-ring (bicyclic) bond motifs is 1. The molecule has 4 rings (SSSR count). The molecular weight excluding hydrogens is 683 g/mol. The fourth-order valence-corrected chi connectivity index (χ4v) is 6.81. The molecule has 3 atom stereocenters. The van der Waals surface area contributed by atoms with Gasteiger partial charge in [-0.2, -0.15) is 9.40 Å². The van der Waals surface area contributed by atoms with E-state index in [4.69, 9.17) is 45.5 Å². The van der Waals surface area contributed by atoms with E-state index in [0.717, 1.165) is 25.0 Å². The number of nitrogens with zero attached hydrogens (tertiary/aromatic N) is 4. The Kier molecular flexibility index (Phi) is 16.0. The van der Waals surface area contributed by atoms with Crippen molar-refractivity contribution in [2.75, 3.05) is 26.2 Å². The zero-order chi connectivity index (χ0) is 37.1. The van der Waals surface area contributed by atoms with Crippen LogP contribution in [-0.4, -0.2) is 92.8 Å². The Morgan fingerprint density at radius 1 is 1.20 bits per heavy atom. The summed E-state index contributed by atoms with van der Waals surface area (Å²) in [6.45, 7) is 9.56. The van der Waals surface area contributed by atoms with E-state index in [1.807, 2.05) is 27.7 Å². The first-order valence-corrected chi connectivity index (χ1v) is 18.7. The quantitative estimate of drug-likeness (QED) is 0.1000. The van der Waals surface area contributed by atoms with E-state index >= 15 is 0 Å². The normalized spacial score (nSPS) is 17.4. The Morgan fingerprint density at radius 2 is 1.82 bits per heavy atom. The highest BCUT2D eigenvalue weighted by Crippen LogP contribution is 2.32. The third-order valence-corrected chi connectivity index (χ3v) is 9.03. The Morgan fingerprint density at radius 3 is 2.35 bits per heavy atom. The summed E-state index contributed by atoms with van der Waals surface area (Å²) in [5.41, 5.74) is 12.1. The maximum Gasteiger partial charge on any atom is 0.320 e. The second-order valence-electron chi connectivity index (χ2n) is 11.5. The van der Waals surface area contributed by atoms with Crippen molar-refractivity contribution in [3.05, 3.63) is 34.2 Å². The molecule has 49 heavy (non-hydrogen) atoms. The SMILES string of the molecule is CCCc1nn(C)c2c(=O)[nH]c(-c3cc(S(=O)(=O)N4C[C@@H](C)N[C@@H](C)C4)ccc3OCC)nc12.NCCCCC(N)C(=O)O.O=P([O-])([O-])O. The fraction of sp³-hybridized carbons (Fsp3) is 0.586. The van der Waals surface area contributed by atoms with Crippen molar-refractivity contribution in [3.8, 4) is 17.1 Å². The summed E-state index contributed by atoms with van der Waals surface area (Å²) in [7, 11) is -7.18. The van der Waals surface area contributed by atoms with Crippen LogP contribution in [-0.2, 0) is 32.9 Å². The number of carboxylic acids is 1. The van der Waals surface area contributed by atoms with Crippen LogP contribution in [0.3, 0.4) is 0 Å². The molecule has 1 aliphatic rings. The van der Waals surface area contributed by atoms with Gasteiger partial charge in [0.05, 0.1) is 30.6 Å². The highest BCUT2D eigenvalue weighted by Gasteiger charge is 2.32. The predicted octanol–water partition coefficient (Wildman–Crippen LogP) is -0.620. The molecule has 3 aromatic rings. The van der Waals surface area contributed by atoms with Gasteiger partial charge < -0.3 is 50.9 Å². The van der Waals surface area contributed by atoms with Crippen LogP contribution >= 0.6 is 7.82 Å². The van der Waals surface area contributed by atoms with E-state index in [9.17, 15) is 18.0 Å². The van der Waals surface area contributed by atoms with Crippen LogP contribution in [0.15, 0.2) is 27.9 Å². The predicted molar refractivity (Wildman–Crippen MR) is 179 cm³/mol. The lowest BCUT2D eigenvalue weighted by Gasteiger charge is -2.35. The minimum atomic E-state index is -5.14. The van der Waals surface area contributed by atoms with Gasteiger partial charge in [0.25, 0.3) is 5.56 Å². The van der Waals surface area contributed by atoms with Crippen LogP contribution in [0, 0.1) is 0 Å². The van der Waals surface area contributed by atoms with Gasteiger partial charge in [0, 0.05) is 32.2 Å². The summed E-state index contributed by atoms with van der Waals surface area (Å²) in [6, 6.07) is 4.09. The number of unbranched alkanes of at least 4 members (excludes halogenated alkanes) is 1. The van der Waals surface area contributed by atoms with E-state index < -0.39 is 29.9 Å². The van der Waals surface area contributed by atoms with Crippen LogP contribution in [0.25, 0.3) is 22.4 Å². The number of aliphatic carboxylic acids is 1. The average Bonchev–Trinajstić information content (AvgIpc) is 3.31. The Labute approximate surface area is 285 Å². The van der Waals surface area contributed by atoms with Crippen molar-refractivity contribution < 1.29 is 42.3 Å². The number of nitrogens with one attached hydrogen (secondary N) is 2. The molecule has 8 N–H and O–H groups in total. The number of H-pyrrole nitrogens is 1. The first-order chi connectivity index (χ1) is 22.8. The van der Waals surface area contributed by atoms with Gasteiger partial charge in [-0.25, -0.2) is 13.4 Å². The third-order valence-electron chi connectivity index (χ3n) is 7.20. The maximum atomic E-state index is 13.5. The van der Waals surface area contributed by atoms with E-state index in [1.54, 1.807) is 19.2 Å². The molecule has 0 spiro atoms. The van der Waals surface area contributed by atoms with Gasteiger partial charge in [0.2, 0.25) is 10.0 Å². The van der Waals surface area contributed by atoms with Gasteiger partial charge in [-0.1, -0.05) is 19.8 Å². The zero-order valence-corrected chi connectivity index (χ0v) is 30.0. The topological polar surface area (TPSA) is 295 Å². The van der Waals surface area contributed by atoms with Gasteiger partial charge >= 0.3 is 5.97 Å².